The Labute approximate surface area is 187 Å². The number of fused-ring (bicyclic) bond motifs is 1. The monoisotopic (exact) mass is 487 g/mol. The second-order valence-electron chi connectivity index (χ2n) is 7.22. The molecule has 0 saturated heterocycles. The number of hydrogen-bond donors (Lipinski definition) is 0. The normalized spacial score (nSPS) is 13.4. The smallest absolute Gasteiger partial charge is 0.262 e. The first-order valence-electron chi connectivity index (χ1n) is 9.79. The van der Waals surface area contributed by atoms with Gasteiger partial charge < -0.3 is 9.64 Å². The number of hydrogen-bond acceptors (Lipinski definition) is 5. The molecular weight excluding hydrogens is 466 g/mol. The van der Waals surface area contributed by atoms with Crippen molar-refractivity contribution in [3.8, 4) is 5.75 Å². The molecule has 3 aromatic rings. The molecule has 0 spiro atoms. The topological polar surface area (TPSA) is 64.4 Å². The van der Waals surface area contributed by atoms with Gasteiger partial charge in [-0.05, 0) is 49.2 Å². The molecule has 30 heavy (non-hydrogen) atoms. The number of thioether (sulfide) groups is 1. The molecule has 1 fully saturated rings. The van der Waals surface area contributed by atoms with Crippen LogP contribution in [-0.2, 0) is 4.79 Å². The van der Waals surface area contributed by atoms with Crippen LogP contribution in [0.1, 0.15) is 18.9 Å². The van der Waals surface area contributed by atoms with Crippen molar-refractivity contribution >= 4 is 44.5 Å². The van der Waals surface area contributed by atoms with Crippen LogP contribution < -0.4 is 10.3 Å². The average molecular weight is 488 g/mol. The predicted molar refractivity (Wildman–Crippen MR) is 122 cm³/mol. The van der Waals surface area contributed by atoms with Crippen LogP contribution in [0.4, 0.5) is 0 Å². The van der Waals surface area contributed by atoms with E-state index in [2.05, 4.69) is 20.9 Å². The Bertz CT molecular complexity index is 1110. The Balaban J connectivity index is 1.37. The molecule has 1 saturated carbocycles. The minimum atomic E-state index is -0.0239. The molecule has 1 aliphatic rings. The molecule has 0 unspecified atom stereocenters. The molecule has 4 rings (SSSR count). The highest BCUT2D eigenvalue weighted by molar-refractivity contribution is 9.10. The first-order valence-corrected chi connectivity index (χ1v) is 11.6. The van der Waals surface area contributed by atoms with Gasteiger partial charge in [0.15, 0.2) is 5.16 Å². The number of aromatic nitrogens is 2. The number of carbonyl (C=O) groups excluding carboxylic acids is 1. The van der Waals surface area contributed by atoms with Crippen LogP contribution in [0, 0.1) is 0 Å². The summed E-state index contributed by atoms with van der Waals surface area (Å²) in [6, 6.07) is 15.2. The predicted octanol–water partition coefficient (Wildman–Crippen LogP) is 4.12. The fraction of sp³-hybridized carbons (Fsp3) is 0.318. The Kier molecular flexibility index (Phi) is 6.43. The van der Waals surface area contributed by atoms with E-state index in [-0.39, 0.29) is 23.3 Å². The maximum absolute atomic E-state index is 12.9. The number of rotatable bonds is 8. The van der Waals surface area contributed by atoms with Crippen LogP contribution in [0.5, 0.6) is 5.75 Å². The zero-order valence-electron chi connectivity index (χ0n) is 16.6. The van der Waals surface area contributed by atoms with E-state index in [1.54, 1.807) is 16.5 Å². The maximum Gasteiger partial charge on any atom is 0.262 e. The Morgan fingerprint density at radius 1 is 1.23 bits per heavy atom. The zero-order chi connectivity index (χ0) is 21.1. The molecule has 156 valence electrons. The summed E-state index contributed by atoms with van der Waals surface area (Å²) in [5, 5.41) is 1.25. The number of halogens is 1. The van der Waals surface area contributed by atoms with Crippen molar-refractivity contribution in [1.82, 2.24) is 14.5 Å². The van der Waals surface area contributed by atoms with Crippen LogP contribution in [0.2, 0.25) is 0 Å². The summed E-state index contributed by atoms with van der Waals surface area (Å²) in [6.07, 6.45) is 1.96. The number of likely N-dealkylation sites (N-methyl/N-ethyl adjacent to an activating group) is 1. The third-order valence-electron chi connectivity index (χ3n) is 4.95. The van der Waals surface area contributed by atoms with E-state index in [1.165, 1.54) is 11.8 Å². The van der Waals surface area contributed by atoms with Gasteiger partial charge in [-0.2, -0.15) is 0 Å². The van der Waals surface area contributed by atoms with Gasteiger partial charge in [-0.15, -0.1) is 0 Å². The molecule has 1 amide bonds. The Morgan fingerprint density at radius 2 is 1.97 bits per heavy atom. The van der Waals surface area contributed by atoms with Crippen molar-refractivity contribution in [2.75, 3.05) is 26.0 Å². The van der Waals surface area contributed by atoms with Crippen LogP contribution in [0.25, 0.3) is 10.9 Å². The van der Waals surface area contributed by atoms with Crippen LogP contribution >= 0.6 is 27.7 Å². The molecule has 0 atom stereocenters. The molecule has 0 N–H and O–H groups in total. The lowest BCUT2D eigenvalue weighted by molar-refractivity contribution is -0.127. The van der Waals surface area contributed by atoms with E-state index in [4.69, 9.17) is 4.74 Å². The second-order valence-corrected chi connectivity index (χ2v) is 9.08. The lowest BCUT2D eigenvalue weighted by Crippen LogP contribution is -2.32. The highest BCUT2D eigenvalue weighted by atomic mass is 79.9. The highest BCUT2D eigenvalue weighted by Gasteiger charge is 2.28. The van der Waals surface area contributed by atoms with E-state index < -0.39 is 0 Å². The fourth-order valence-corrected chi connectivity index (χ4v) is 4.35. The summed E-state index contributed by atoms with van der Waals surface area (Å²) in [6.45, 7) is 0.894. The summed E-state index contributed by atoms with van der Waals surface area (Å²) >= 11 is 4.72. The van der Waals surface area contributed by atoms with Gasteiger partial charge in [-0.1, -0.05) is 39.8 Å². The van der Waals surface area contributed by atoms with Gasteiger partial charge in [-0.25, -0.2) is 4.98 Å². The van der Waals surface area contributed by atoms with E-state index >= 15 is 0 Å². The summed E-state index contributed by atoms with van der Waals surface area (Å²) in [5.74, 6) is 0.970. The molecule has 2 aromatic carbocycles. The van der Waals surface area contributed by atoms with Crippen molar-refractivity contribution < 1.29 is 9.53 Å². The van der Waals surface area contributed by atoms with Crippen LogP contribution in [-0.4, -0.2) is 46.3 Å². The molecular formula is C22H22BrN3O3S. The van der Waals surface area contributed by atoms with E-state index in [9.17, 15) is 9.59 Å². The number of amides is 1. The van der Waals surface area contributed by atoms with E-state index in [1.807, 2.05) is 48.5 Å². The van der Waals surface area contributed by atoms with Crippen molar-refractivity contribution in [1.29, 1.82) is 0 Å². The van der Waals surface area contributed by atoms with Gasteiger partial charge >= 0.3 is 0 Å². The summed E-state index contributed by atoms with van der Waals surface area (Å²) in [4.78, 5) is 31.8. The number of benzene rings is 2. The summed E-state index contributed by atoms with van der Waals surface area (Å²) < 4.78 is 8.44. The molecule has 1 heterocycles. The summed E-state index contributed by atoms with van der Waals surface area (Å²) in [7, 11) is 1.76. The quantitative estimate of drug-likeness (QED) is 0.353. The minimum Gasteiger partial charge on any atom is -0.492 e. The molecule has 8 heteroatoms. The standard InChI is InChI=1S/C22H22BrN3O3S/c1-25(12-13-29-17-10-6-15(23)7-11-17)20(27)14-30-22-24-19-5-3-2-4-18(19)21(28)26(22)16-8-9-16/h2-7,10-11,16H,8-9,12-14H2,1H3. The lowest BCUT2D eigenvalue weighted by Gasteiger charge is -2.18. The van der Waals surface area contributed by atoms with Crippen molar-refractivity contribution in [2.45, 2.75) is 24.0 Å². The van der Waals surface area contributed by atoms with Crippen molar-refractivity contribution in [3.63, 3.8) is 0 Å². The van der Waals surface area contributed by atoms with E-state index in [0.717, 1.165) is 23.1 Å². The highest BCUT2D eigenvalue weighted by Crippen LogP contribution is 2.36. The first-order chi connectivity index (χ1) is 14.5. The largest absolute Gasteiger partial charge is 0.492 e. The lowest BCUT2D eigenvalue weighted by atomic mass is 10.2. The third kappa shape index (κ3) is 4.87. The SMILES string of the molecule is CN(CCOc1ccc(Br)cc1)C(=O)CSc1nc2ccccc2c(=O)n1C1CC1. The Morgan fingerprint density at radius 3 is 2.70 bits per heavy atom. The average Bonchev–Trinajstić information content (AvgIpc) is 3.58. The summed E-state index contributed by atoms with van der Waals surface area (Å²) in [5.41, 5.74) is 0.653. The third-order valence-corrected chi connectivity index (χ3v) is 6.41. The molecule has 6 nitrogen and oxygen atoms in total. The van der Waals surface area contributed by atoms with Gasteiger partial charge in [0.1, 0.15) is 12.4 Å². The molecule has 1 aliphatic carbocycles. The number of carbonyl (C=O) groups is 1. The van der Waals surface area contributed by atoms with Crippen LogP contribution in [0.15, 0.2) is 63.0 Å². The van der Waals surface area contributed by atoms with Crippen LogP contribution in [0.3, 0.4) is 0 Å². The first kappa shape index (κ1) is 20.9. The van der Waals surface area contributed by atoms with Gasteiger partial charge in [0, 0.05) is 17.6 Å². The number of ether oxygens (including phenoxy) is 1. The van der Waals surface area contributed by atoms with E-state index in [0.29, 0.717) is 29.2 Å². The van der Waals surface area contributed by atoms with Gasteiger partial charge in [0.25, 0.3) is 5.56 Å². The van der Waals surface area contributed by atoms with Gasteiger partial charge in [0.2, 0.25) is 5.91 Å². The number of nitrogens with zero attached hydrogens (tertiary/aromatic N) is 3. The minimum absolute atomic E-state index is 0.0192. The molecule has 0 radical (unpaired) electrons. The zero-order valence-corrected chi connectivity index (χ0v) is 19.0. The maximum atomic E-state index is 12.9. The fourth-order valence-electron chi connectivity index (χ4n) is 3.07. The van der Waals surface area contributed by atoms with Gasteiger partial charge in [-0.3, -0.25) is 14.2 Å². The van der Waals surface area contributed by atoms with Gasteiger partial charge in [0.05, 0.1) is 23.2 Å². The second kappa shape index (κ2) is 9.22. The Hall–Kier alpha value is -2.32. The number of para-hydroxylation sites is 1. The molecule has 0 bridgehead atoms. The van der Waals surface area contributed by atoms with Crippen molar-refractivity contribution in [3.05, 3.63) is 63.4 Å². The van der Waals surface area contributed by atoms with Crippen molar-refractivity contribution in [2.24, 2.45) is 0 Å². The molecule has 1 aromatic heterocycles. The molecule has 0 aliphatic heterocycles.